The highest BCUT2D eigenvalue weighted by Gasteiger charge is 2.43. The Bertz CT molecular complexity index is 970. The zero-order valence-corrected chi connectivity index (χ0v) is 21.9. The molecule has 1 aliphatic rings. The van der Waals surface area contributed by atoms with Crippen LogP contribution < -0.4 is 4.74 Å². The maximum atomic E-state index is 12.8. The Morgan fingerprint density at radius 1 is 1.06 bits per heavy atom. The number of carbonyl (C=O) groups is 1. The summed E-state index contributed by atoms with van der Waals surface area (Å²) in [4.78, 5) is 14.6. The van der Waals surface area contributed by atoms with Crippen LogP contribution in [0.3, 0.4) is 0 Å². The van der Waals surface area contributed by atoms with Crippen LogP contribution in [0.2, 0.25) is 0 Å². The molecule has 0 aromatic heterocycles. The molecule has 6 heteroatoms. The Morgan fingerprint density at radius 2 is 1.74 bits per heavy atom. The molecule has 2 aromatic carbocycles. The van der Waals surface area contributed by atoms with E-state index < -0.39 is 11.2 Å². The highest BCUT2D eigenvalue weighted by molar-refractivity contribution is 5.68. The number of unbranched alkanes of at least 4 members (excludes halogenated alkanes) is 1. The van der Waals surface area contributed by atoms with E-state index in [1.165, 1.54) is 0 Å². The van der Waals surface area contributed by atoms with Crippen LogP contribution in [0, 0.1) is 12.8 Å². The number of nitrogens with zero attached hydrogens (tertiary/aromatic N) is 1. The third-order valence-electron chi connectivity index (χ3n) is 6.57. The molecule has 3 rings (SSSR count). The van der Waals surface area contributed by atoms with E-state index in [1.807, 2.05) is 76.2 Å². The quantitative estimate of drug-likeness (QED) is 0.416. The molecule has 6 nitrogen and oxygen atoms in total. The summed E-state index contributed by atoms with van der Waals surface area (Å²) >= 11 is 0. The van der Waals surface area contributed by atoms with Crippen LogP contribution in [0.5, 0.6) is 11.5 Å². The molecule has 2 aromatic rings. The Morgan fingerprint density at radius 3 is 2.43 bits per heavy atom. The summed E-state index contributed by atoms with van der Waals surface area (Å²) < 4.78 is 17.2. The number of aliphatic hydroxyl groups is 1. The van der Waals surface area contributed by atoms with E-state index in [0.717, 1.165) is 42.6 Å². The van der Waals surface area contributed by atoms with Gasteiger partial charge >= 0.3 is 6.09 Å². The van der Waals surface area contributed by atoms with Crippen molar-refractivity contribution in [2.45, 2.75) is 71.0 Å². The number of aryl methyl sites for hydroxylation is 1. The van der Waals surface area contributed by atoms with Gasteiger partial charge in [-0.2, -0.15) is 0 Å². The summed E-state index contributed by atoms with van der Waals surface area (Å²) in [7, 11) is 1.69. The smallest absolute Gasteiger partial charge is 0.410 e. The van der Waals surface area contributed by atoms with E-state index in [2.05, 4.69) is 0 Å². The largest absolute Gasteiger partial charge is 0.457 e. The monoisotopic (exact) mass is 483 g/mol. The third kappa shape index (κ3) is 7.21. The topological polar surface area (TPSA) is 68.2 Å². The third-order valence-corrected chi connectivity index (χ3v) is 6.57. The van der Waals surface area contributed by atoms with Gasteiger partial charge in [-0.05, 0) is 77.5 Å². The number of likely N-dealkylation sites (tertiary alicyclic amines) is 1. The number of benzene rings is 2. The van der Waals surface area contributed by atoms with E-state index in [0.29, 0.717) is 31.9 Å². The summed E-state index contributed by atoms with van der Waals surface area (Å²) in [6.45, 7) is 9.34. The van der Waals surface area contributed by atoms with Crippen molar-refractivity contribution >= 4 is 6.09 Å². The van der Waals surface area contributed by atoms with Gasteiger partial charge in [0.1, 0.15) is 17.1 Å². The zero-order chi connectivity index (χ0) is 25.5. The highest BCUT2D eigenvalue weighted by Crippen LogP contribution is 2.44. The number of ether oxygens (including phenoxy) is 3. The van der Waals surface area contributed by atoms with Gasteiger partial charge in [0.2, 0.25) is 0 Å². The molecule has 0 radical (unpaired) electrons. The van der Waals surface area contributed by atoms with Gasteiger partial charge in [0.25, 0.3) is 0 Å². The SMILES string of the molecule is COCCCCC(O)(c1ccccc1Oc1ccccc1C)[C@@H]1CCCN(C(=O)OC(C)(C)C)C1. The van der Waals surface area contributed by atoms with Crippen molar-refractivity contribution in [2.75, 3.05) is 26.8 Å². The van der Waals surface area contributed by atoms with Crippen molar-refractivity contribution in [3.05, 3.63) is 59.7 Å². The minimum absolute atomic E-state index is 0.145. The average molecular weight is 484 g/mol. The predicted octanol–water partition coefficient (Wildman–Crippen LogP) is 6.44. The van der Waals surface area contributed by atoms with Crippen LogP contribution in [0.15, 0.2) is 48.5 Å². The summed E-state index contributed by atoms with van der Waals surface area (Å²) in [5, 5.41) is 12.4. The number of amides is 1. The standard InChI is InChI=1S/C29H41NO5/c1-22-13-6-8-16-25(22)34-26-17-9-7-15-24(26)29(32,18-10-11-20-33-5)23-14-12-19-30(21-23)27(31)35-28(2,3)4/h6-9,13,15-17,23,32H,10-12,14,18-21H2,1-5H3/t23-,29?/m1/s1. The molecule has 1 aliphatic heterocycles. The van der Waals surface area contributed by atoms with E-state index in [4.69, 9.17) is 14.2 Å². The Kier molecular flexibility index (Phi) is 9.20. The summed E-state index contributed by atoms with van der Waals surface area (Å²) in [6.07, 6.45) is 3.50. The van der Waals surface area contributed by atoms with Gasteiger partial charge in [-0.3, -0.25) is 0 Å². The first kappa shape index (κ1) is 27.0. The van der Waals surface area contributed by atoms with Crippen LogP contribution in [0.1, 0.15) is 64.0 Å². The molecular formula is C29H41NO5. The van der Waals surface area contributed by atoms with Gasteiger partial charge in [-0.15, -0.1) is 0 Å². The molecule has 1 unspecified atom stereocenters. The first-order chi connectivity index (χ1) is 16.6. The predicted molar refractivity (Wildman–Crippen MR) is 138 cm³/mol. The van der Waals surface area contributed by atoms with Gasteiger partial charge in [0.15, 0.2) is 0 Å². The van der Waals surface area contributed by atoms with Crippen LogP contribution in [-0.4, -0.2) is 48.5 Å². The second kappa shape index (κ2) is 11.9. The number of hydrogen-bond acceptors (Lipinski definition) is 5. The lowest BCUT2D eigenvalue weighted by Gasteiger charge is -2.43. The lowest BCUT2D eigenvalue weighted by atomic mass is 9.73. The number of para-hydroxylation sites is 2. The fraction of sp³-hybridized carbons (Fsp3) is 0.552. The second-order valence-electron chi connectivity index (χ2n) is 10.5. The Labute approximate surface area is 210 Å². The maximum absolute atomic E-state index is 12.8. The fourth-order valence-electron chi connectivity index (χ4n) is 4.76. The average Bonchev–Trinajstić information content (AvgIpc) is 2.82. The van der Waals surface area contributed by atoms with Crippen molar-refractivity contribution in [3.63, 3.8) is 0 Å². The molecule has 1 saturated heterocycles. The first-order valence-corrected chi connectivity index (χ1v) is 12.7. The van der Waals surface area contributed by atoms with E-state index in [-0.39, 0.29) is 12.0 Å². The van der Waals surface area contributed by atoms with Crippen LogP contribution >= 0.6 is 0 Å². The van der Waals surface area contributed by atoms with Gasteiger partial charge in [0, 0.05) is 38.3 Å². The van der Waals surface area contributed by atoms with Gasteiger partial charge in [0.05, 0.1) is 5.60 Å². The Hall–Kier alpha value is -2.57. The van der Waals surface area contributed by atoms with Crippen molar-refractivity contribution in [1.82, 2.24) is 4.90 Å². The number of hydrogen-bond donors (Lipinski definition) is 1. The molecule has 0 spiro atoms. The van der Waals surface area contributed by atoms with Crippen molar-refractivity contribution in [2.24, 2.45) is 5.92 Å². The van der Waals surface area contributed by atoms with Crippen LogP contribution in [0.25, 0.3) is 0 Å². The summed E-state index contributed by atoms with van der Waals surface area (Å²) in [5.41, 5.74) is 0.0683. The van der Waals surface area contributed by atoms with Crippen molar-refractivity contribution in [1.29, 1.82) is 0 Å². The molecule has 192 valence electrons. The normalized spacial score (nSPS) is 18.1. The van der Waals surface area contributed by atoms with Crippen molar-refractivity contribution < 1.29 is 24.1 Å². The minimum Gasteiger partial charge on any atom is -0.457 e. The van der Waals surface area contributed by atoms with Crippen LogP contribution in [0.4, 0.5) is 4.79 Å². The van der Waals surface area contributed by atoms with Gasteiger partial charge in [-0.1, -0.05) is 36.4 Å². The molecule has 0 saturated carbocycles. The lowest BCUT2D eigenvalue weighted by Crippen LogP contribution is -2.49. The molecule has 35 heavy (non-hydrogen) atoms. The Balaban J connectivity index is 1.92. The summed E-state index contributed by atoms with van der Waals surface area (Å²) in [5.74, 6) is 1.26. The first-order valence-electron chi connectivity index (χ1n) is 12.7. The second-order valence-corrected chi connectivity index (χ2v) is 10.5. The maximum Gasteiger partial charge on any atom is 0.410 e. The lowest BCUT2D eigenvalue weighted by molar-refractivity contribution is -0.0651. The highest BCUT2D eigenvalue weighted by atomic mass is 16.6. The van der Waals surface area contributed by atoms with Gasteiger partial charge in [-0.25, -0.2) is 4.79 Å². The van der Waals surface area contributed by atoms with Crippen LogP contribution in [-0.2, 0) is 15.1 Å². The molecular weight excluding hydrogens is 442 g/mol. The van der Waals surface area contributed by atoms with E-state index >= 15 is 0 Å². The number of rotatable bonds is 9. The number of carbonyl (C=O) groups excluding carboxylic acids is 1. The van der Waals surface area contributed by atoms with Crippen molar-refractivity contribution in [3.8, 4) is 11.5 Å². The van der Waals surface area contributed by atoms with Gasteiger partial charge < -0.3 is 24.2 Å². The fourth-order valence-corrected chi connectivity index (χ4v) is 4.76. The minimum atomic E-state index is -1.16. The molecule has 0 aliphatic carbocycles. The summed E-state index contributed by atoms with van der Waals surface area (Å²) in [6, 6.07) is 15.6. The zero-order valence-electron chi connectivity index (χ0n) is 21.9. The molecule has 1 heterocycles. The molecule has 1 fully saturated rings. The molecule has 0 bridgehead atoms. The number of methoxy groups -OCH3 is 1. The number of piperidine rings is 1. The van der Waals surface area contributed by atoms with E-state index in [1.54, 1.807) is 12.0 Å². The molecule has 1 N–H and O–H groups in total. The molecule has 1 amide bonds. The van der Waals surface area contributed by atoms with E-state index in [9.17, 15) is 9.90 Å². The molecule has 2 atom stereocenters.